The molecule has 124 valence electrons. The van der Waals surface area contributed by atoms with Crippen molar-refractivity contribution in [2.75, 3.05) is 5.75 Å². The number of carboxylic acid groups (broad SMARTS) is 1. The number of carboxylic acids is 1. The zero-order chi connectivity index (χ0) is 15.9. The topological polar surface area (TPSA) is 40.1 Å². The summed E-state index contributed by atoms with van der Waals surface area (Å²) in [6.07, 6.45) is 13.3. The molecule has 0 saturated carbocycles. The number of carbonyl (C=O) groups excluding carboxylic acids is 1. The first-order valence-corrected chi connectivity index (χ1v) is 10.4. The van der Waals surface area contributed by atoms with Gasteiger partial charge >= 0.3 is 0 Å². The lowest BCUT2D eigenvalue weighted by Gasteiger charge is -2.11. The molecule has 0 rings (SSSR count). The van der Waals surface area contributed by atoms with E-state index in [1.165, 1.54) is 76.0 Å². The lowest BCUT2D eigenvalue weighted by molar-refractivity contribution is -0.304. The van der Waals surface area contributed by atoms with Crippen molar-refractivity contribution >= 4 is 45.2 Å². The van der Waals surface area contributed by atoms with Gasteiger partial charge in [-0.15, -0.1) is 11.8 Å². The highest BCUT2D eigenvalue weighted by atomic mass is 32.2. The third kappa shape index (κ3) is 14.9. The first kappa shape index (κ1) is 21.3. The molecule has 0 aliphatic heterocycles. The monoisotopic (exact) mass is 349 g/mol. The molecule has 21 heavy (non-hydrogen) atoms. The highest BCUT2D eigenvalue weighted by Gasteiger charge is 2.07. The van der Waals surface area contributed by atoms with Crippen LogP contribution in [0, 0.1) is 0 Å². The molecule has 0 heterocycles. The van der Waals surface area contributed by atoms with Crippen molar-refractivity contribution in [3.05, 3.63) is 0 Å². The first-order valence-electron chi connectivity index (χ1n) is 8.12. The number of hydrogen-bond acceptors (Lipinski definition) is 5. The zero-order valence-electron chi connectivity index (χ0n) is 13.4. The van der Waals surface area contributed by atoms with Crippen LogP contribution in [0.5, 0.6) is 0 Å². The van der Waals surface area contributed by atoms with Gasteiger partial charge in [0.25, 0.3) is 0 Å². The summed E-state index contributed by atoms with van der Waals surface area (Å²) in [6.45, 7) is 3.87. The minimum Gasteiger partial charge on any atom is -0.549 e. The molecular weight excluding hydrogens is 320 g/mol. The molecule has 0 aliphatic carbocycles. The van der Waals surface area contributed by atoms with Gasteiger partial charge in [0.2, 0.25) is 0 Å². The van der Waals surface area contributed by atoms with Crippen molar-refractivity contribution in [2.45, 2.75) is 83.3 Å². The van der Waals surface area contributed by atoms with E-state index < -0.39 is 11.2 Å². The van der Waals surface area contributed by atoms with E-state index in [1.807, 2.05) is 0 Å². The second-order valence-corrected chi connectivity index (χ2v) is 9.00. The molecule has 0 radical (unpaired) electrons. The molecule has 0 aromatic carbocycles. The molecule has 0 amide bonds. The molecule has 0 fully saturated rings. The molecule has 1 atom stereocenters. The van der Waals surface area contributed by atoms with Gasteiger partial charge in [-0.25, -0.2) is 0 Å². The molecule has 1 unspecified atom stereocenters. The van der Waals surface area contributed by atoms with E-state index in [4.69, 9.17) is 12.2 Å². The van der Waals surface area contributed by atoms with Gasteiger partial charge in [-0.1, -0.05) is 88.7 Å². The smallest absolute Gasteiger partial charge is 0.104 e. The fraction of sp³-hybridized carbons (Fsp3) is 0.875. The SMILES string of the molecule is CCCCCCCCCCCCSC(=S)SC(C)C(=O)[O-]. The van der Waals surface area contributed by atoms with Crippen molar-refractivity contribution in [1.29, 1.82) is 0 Å². The maximum absolute atomic E-state index is 10.6. The quantitative estimate of drug-likeness (QED) is 0.353. The Morgan fingerprint density at radius 2 is 1.48 bits per heavy atom. The van der Waals surface area contributed by atoms with Crippen LogP contribution in [-0.4, -0.2) is 20.5 Å². The minimum absolute atomic E-state index is 0.544. The fourth-order valence-corrected chi connectivity index (χ4v) is 4.51. The normalized spacial score (nSPS) is 12.3. The largest absolute Gasteiger partial charge is 0.549 e. The van der Waals surface area contributed by atoms with Crippen LogP contribution >= 0.6 is 35.7 Å². The van der Waals surface area contributed by atoms with E-state index in [0.717, 1.165) is 9.28 Å². The van der Waals surface area contributed by atoms with Gasteiger partial charge in [0, 0.05) is 5.25 Å². The maximum Gasteiger partial charge on any atom is 0.104 e. The van der Waals surface area contributed by atoms with Gasteiger partial charge in [0.05, 0.1) is 5.97 Å². The van der Waals surface area contributed by atoms with Crippen LogP contribution in [0.1, 0.15) is 78.1 Å². The molecule has 0 spiro atoms. The van der Waals surface area contributed by atoms with Crippen molar-refractivity contribution < 1.29 is 9.90 Å². The number of hydrogen-bond donors (Lipinski definition) is 0. The van der Waals surface area contributed by atoms with Gasteiger partial charge < -0.3 is 9.90 Å². The summed E-state index contributed by atoms with van der Waals surface area (Å²) in [5.74, 6) is -0.0378. The van der Waals surface area contributed by atoms with E-state index in [2.05, 4.69) is 6.92 Å². The molecule has 0 N–H and O–H groups in total. The average Bonchev–Trinajstić information content (AvgIpc) is 2.44. The second-order valence-electron chi connectivity index (χ2n) is 5.36. The molecule has 0 aromatic heterocycles. The predicted octanol–water partition coefficient (Wildman–Crippen LogP) is 4.80. The Bertz CT molecular complexity index is 283. The van der Waals surface area contributed by atoms with E-state index in [0.29, 0.717) is 0 Å². The highest BCUT2D eigenvalue weighted by molar-refractivity contribution is 8.47. The molecular formula is C16H29O2S3-. The van der Waals surface area contributed by atoms with E-state index >= 15 is 0 Å². The second kappa shape index (κ2) is 15.2. The number of thioether (sulfide) groups is 2. The molecule has 0 aromatic rings. The summed E-state index contributed by atoms with van der Waals surface area (Å²) < 4.78 is 0.725. The van der Waals surface area contributed by atoms with Crippen LogP contribution in [-0.2, 0) is 4.79 Å². The van der Waals surface area contributed by atoms with E-state index in [1.54, 1.807) is 18.7 Å². The Kier molecular flexibility index (Phi) is 15.4. The summed E-state index contributed by atoms with van der Waals surface area (Å²) in [6, 6.07) is 0. The molecule has 0 saturated heterocycles. The first-order chi connectivity index (χ1) is 10.1. The van der Waals surface area contributed by atoms with E-state index in [-0.39, 0.29) is 0 Å². The predicted molar refractivity (Wildman–Crippen MR) is 99.0 cm³/mol. The Morgan fingerprint density at radius 1 is 1.00 bits per heavy atom. The number of rotatable bonds is 13. The maximum atomic E-state index is 10.6. The van der Waals surface area contributed by atoms with Crippen molar-refractivity contribution in [2.24, 2.45) is 0 Å². The van der Waals surface area contributed by atoms with Crippen LogP contribution in [0.3, 0.4) is 0 Å². The Hall–Kier alpha value is 0.260. The highest BCUT2D eigenvalue weighted by Crippen LogP contribution is 2.23. The summed E-state index contributed by atoms with van der Waals surface area (Å²) in [5.41, 5.74) is 0. The summed E-state index contributed by atoms with van der Waals surface area (Å²) >= 11 is 7.98. The number of carbonyl (C=O) groups is 1. The zero-order valence-corrected chi connectivity index (χ0v) is 15.8. The van der Waals surface area contributed by atoms with Crippen molar-refractivity contribution in [1.82, 2.24) is 0 Å². The third-order valence-electron chi connectivity index (χ3n) is 3.32. The number of aliphatic carboxylic acids is 1. The number of thiocarbonyl (C=S) groups is 1. The van der Waals surface area contributed by atoms with Crippen LogP contribution in [0.4, 0.5) is 0 Å². The van der Waals surface area contributed by atoms with Gasteiger partial charge in [0.15, 0.2) is 0 Å². The molecule has 0 aliphatic rings. The summed E-state index contributed by atoms with van der Waals surface area (Å²) in [5, 5.41) is 10.0. The standard InChI is InChI=1S/C16H30O2S3/c1-3-4-5-6-7-8-9-10-11-12-13-20-16(19)21-14(2)15(17)18/h14H,3-13H2,1-2H3,(H,17,18)/p-1. The van der Waals surface area contributed by atoms with Crippen molar-refractivity contribution in [3.8, 4) is 0 Å². The minimum atomic E-state index is -1.04. The Morgan fingerprint density at radius 3 is 1.95 bits per heavy atom. The van der Waals surface area contributed by atoms with Crippen LogP contribution in [0.15, 0.2) is 0 Å². The summed E-state index contributed by atoms with van der Waals surface area (Å²) in [4.78, 5) is 10.6. The molecule has 0 bridgehead atoms. The van der Waals surface area contributed by atoms with Crippen LogP contribution in [0.25, 0.3) is 0 Å². The lowest BCUT2D eigenvalue weighted by Crippen LogP contribution is -2.31. The fourth-order valence-electron chi connectivity index (χ4n) is 1.97. The van der Waals surface area contributed by atoms with Gasteiger partial charge in [-0.3, -0.25) is 0 Å². The van der Waals surface area contributed by atoms with Crippen LogP contribution in [0.2, 0.25) is 0 Å². The van der Waals surface area contributed by atoms with Gasteiger partial charge in [-0.05, 0) is 19.1 Å². The summed E-state index contributed by atoms with van der Waals surface area (Å²) in [7, 11) is 0. The average molecular weight is 350 g/mol. The Labute approximate surface area is 144 Å². The van der Waals surface area contributed by atoms with Crippen molar-refractivity contribution in [3.63, 3.8) is 0 Å². The Balaban J connectivity index is 3.25. The molecule has 5 heteroatoms. The lowest BCUT2D eigenvalue weighted by atomic mass is 10.1. The van der Waals surface area contributed by atoms with E-state index in [9.17, 15) is 9.90 Å². The number of unbranched alkanes of at least 4 members (excludes halogenated alkanes) is 9. The van der Waals surface area contributed by atoms with Gasteiger partial charge in [-0.2, -0.15) is 0 Å². The molecule has 2 nitrogen and oxygen atoms in total. The van der Waals surface area contributed by atoms with Gasteiger partial charge in [0.1, 0.15) is 3.53 Å². The van der Waals surface area contributed by atoms with Crippen LogP contribution < -0.4 is 5.11 Å². The third-order valence-corrected chi connectivity index (χ3v) is 6.07.